The molecule has 0 aliphatic carbocycles. The highest BCUT2D eigenvalue weighted by molar-refractivity contribution is 6.29. The molecule has 1 aliphatic rings. The van der Waals surface area contributed by atoms with Crippen molar-refractivity contribution in [3.8, 4) is 0 Å². The molecule has 4 nitrogen and oxygen atoms in total. The smallest absolute Gasteiger partial charge is 0.133 e. The molecule has 2 heterocycles. The Kier molecular flexibility index (Phi) is 4.07. The first-order valence-corrected chi connectivity index (χ1v) is 6.36. The molecule has 0 radical (unpaired) electrons. The van der Waals surface area contributed by atoms with E-state index in [9.17, 15) is 0 Å². The van der Waals surface area contributed by atoms with Gasteiger partial charge in [-0.2, -0.15) is 0 Å². The van der Waals surface area contributed by atoms with Crippen LogP contribution >= 0.6 is 11.6 Å². The summed E-state index contributed by atoms with van der Waals surface area (Å²) in [7, 11) is 0. The number of rotatable bonds is 4. The first-order valence-electron chi connectivity index (χ1n) is 5.98. The lowest BCUT2D eigenvalue weighted by molar-refractivity contribution is 0.115. The maximum atomic E-state index is 5.92. The van der Waals surface area contributed by atoms with E-state index < -0.39 is 0 Å². The SMILES string of the molecule is CCN(CC1CCCO1)c1cc(N)cc(Cl)n1. The Hall–Kier alpha value is -1.00. The first-order chi connectivity index (χ1) is 8.19. The van der Waals surface area contributed by atoms with Gasteiger partial charge in [-0.15, -0.1) is 0 Å². The second-order valence-electron chi connectivity index (χ2n) is 4.26. The highest BCUT2D eigenvalue weighted by atomic mass is 35.5. The summed E-state index contributed by atoms with van der Waals surface area (Å²) < 4.78 is 5.63. The number of anilines is 2. The molecule has 1 aromatic heterocycles. The van der Waals surface area contributed by atoms with Crippen molar-refractivity contribution in [2.75, 3.05) is 30.3 Å². The molecule has 1 saturated heterocycles. The lowest BCUT2D eigenvalue weighted by Crippen LogP contribution is -2.32. The van der Waals surface area contributed by atoms with Gasteiger partial charge in [0.2, 0.25) is 0 Å². The molecule has 1 aliphatic heterocycles. The molecule has 0 amide bonds. The number of hydrogen-bond acceptors (Lipinski definition) is 4. The summed E-state index contributed by atoms with van der Waals surface area (Å²) in [6, 6.07) is 3.51. The van der Waals surface area contributed by atoms with Crippen molar-refractivity contribution in [3.63, 3.8) is 0 Å². The van der Waals surface area contributed by atoms with Gasteiger partial charge in [0.15, 0.2) is 0 Å². The summed E-state index contributed by atoms with van der Waals surface area (Å²) in [6.45, 7) is 4.68. The van der Waals surface area contributed by atoms with Gasteiger partial charge in [0.1, 0.15) is 11.0 Å². The third-order valence-electron chi connectivity index (χ3n) is 2.96. The van der Waals surface area contributed by atoms with Crippen molar-refractivity contribution in [1.82, 2.24) is 4.98 Å². The van der Waals surface area contributed by atoms with Gasteiger partial charge in [0.25, 0.3) is 0 Å². The van der Waals surface area contributed by atoms with Crippen molar-refractivity contribution in [3.05, 3.63) is 17.3 Å². The van der Waals surface area contributed by atoms with Crippen LogP contribution in [0.4, 0.5) is 11.5 Å². The molecule has 5 heteroatoms. The van der Waals surface area contributed by atoms with Crippen molar-refractivity contribution in [2.24, 2.45) is 0 Å². The summed E-state index contributed by atoms with van der Waals surface area (Å²) in [4.78, 5) is 6.45. The molecule has 2 N–H and O–H groups in total. The normalized spacial score (nSPS) is 19.5. The minimum absolute atomic E-state index is 0.303. The van der Waals surface area contributed by atoms with Crippen molar-refractivity contribution < 1.29 is 4.74 Å². The third-order valence-corrected chi connectivity index (χ3v) is 3.15. The molecule has 0 aromatic carbocycles. The Morgan fingerprint density at radius 2 is 2.41 bits per heavy atom. The zero-order chi connectivity index (χ0) is 12.3. The van der Waals surface area contributed by atoms with Crippen LogP contribution in [-0.2, 0) is 4.74 Å². The van der Waals surface area contributed by atoms with Crippen molar-refractivity contribution in [2.45, 2.75) is 25.9 Å². The number of nitrogens with two attached hydrogens (primary N) is 1. The average Bonchev–Trinajstić information content (AvgIpc) is 2.77. The maximum absolute atomic E-state index is 5.92. The molecule has 0 saturated carbocycles. The summed E-state index contributed by atoms with van der Waals surface area (Å²) in [6.07, 6.45) is 2.57. The molecule has 2 rings (SSSR count). The van der Waals surface area contributed by atoms with E-state index in [0.29, 0.717) is 16.9 Å². The van der Waals surface area contributed by atoms with Crippen LogP contribution in [0.15, 0.2) is 12.1 Å². The molecule has 1 atom stereocenters. The van der Waals surface area contributed by atoms with Gasteiger partial charge >= 0.3 is 0 Å². The second kappa shape index (κ2) is 5.56. The van der Waals surface area contributed by atoms with Crippen LogP contribution in [0.1, 0.15) is 19.8 Å². The van der Waals surface area contributed by atoms with Gasteiger partial charge in [-0.25, -0.2) is 4.98 Å². The number of pyridine rings is 1. The summed E-state index contributed by atoms with van der Waals surface area (Å²) in [5, 5.41) is 0.436. The molecule has 1 fully saturated rings. The molecular formula is C12H18ClN3O. The molecule has 1 unspecified atom stereocenters. The monoisotopic (exact) mass is 255 g/mol. The standard InChI is InChI=1S/C12H18ClN3O/c1-2-16(8-10-4-3-5-17-10)12-7-9(14)6-11(13)15-12/h6-7,10H,2-5,8H2,1H3,(H2,14,15). The van der Waals surface area contributed by atoms with Crippen LogP contribution in [-0.4, -0.2) is 30.8 Å². The van der Waals surface area contributed by atoms with Crippen LogP contribution in [0.25, 0.3) is 0 Å². The largest absolute Gasteiger partial charge is 0.399 e. The van der Waals surface area contributed by atoms with E-state index in [1.165, 1.54) is 0 Å². The Bertz CT molecular complexity index is 360. The van der Waals surface area contributed by atoms with Crippen LogP contribution in [0.3, 0.4) is 0 Å². The predicted molar refractivity (Wildman–Crippen MR) is 70.5 cm³/mol. The fourth-order valence-electron chi connectivity index (χ4n) is 2.08. The lowest BCUT2D eigenvalue weighted by Gasteiger charge is -2.25. The zero-order valence-corrected chi connectivity index (χ0v) is 10.8. The van der Waals surface area contributed by atoms with Gasteiger partial charge in [-0.3, -0.25) is 0 Å². The molecular weight excluding hydrogens is 238 g/mol. The van der Waals surface area contributed by atoms with Crippen LogP contribution in [0, 0.1) is 0 Å². The van der Waals surface area contributed by atoms with Gasteiger partial charge in [-0.05, 0) is 25.8 Å². The van der Waals surface area contributed by atoms with E-state index in [1.54, 1.807) is 6.07 Å². The molecule has 94 valence electrons. The molecule has 1 aromatic rings. The number of likely N-dealkylation sites (N-methyl/N-ethyl adjacent to an activating group) is 1. The zero-order valence-electron chi connectivity index (χ0n) is 10.0. The molecule has 0 spiro atoms. The average molecular weight is 256 g/mol. The van der Waals surface area contributed by atoms with Crippen LogP contribution < -0.4 is 10.6 Å². The van der Waals surface area contributed by atoms with E-state index in [2.05, 4.69) is 16.8 Å². The minimum Gasteiger partial charge on any atom is -0.399 e. The minimum atomic E-state index is 0.303. The van der Waals surface area contributed by atoms with Crippen molar-refractivity contribution in [1.29, 1.82) is 0 Å². The summed E-state index contributed by atoms with van der Waals surface area (Å²) >= 11 is 5.92. The number of halogens is 1. The topological polar surface area (TPSA) is 51.4 Å². The van der Waals surface area contributed by atoms with E-state index in [0.717, 1.165) is 38.4 Å². The number of aromatic nitrogens is 1. The quantitative estimate of drug-likeness (QED) is 0.839. The number of hydrogen-bond donors (Lipinski definition) is 1. The fraction of sp³-hybridized carbons (Fsp3) is 0.583. The lowest BCUT2D eigenvalue weighted by atomic mass is 10.2. The van der Waals surface area contributed by atoms with E-state index in [4.69, 9.17) is 22.1 Å². The third kappa shape index (κ3) is 3.23. The molecule has 17 heavy (non-hydrogen) atoms. The maximum Gasteiger partial charge on any atom is 0.133 e. The Morgan fingerprint density at radius 1 is 1.59 bits per heavy atom. The van der Waals surface area contributed by atoms with Gasteiger partial charge in [0, 0.05) is 31.5 Å². The first kappa shape index (κ1) is 12.5. The van der Waals surface area contributed by atoms with Crippen molar-refractivity contribution >= 4 is 23.1 Å². The van der Waals surface area contributed by atoms with Gasteiger partial charge < -0.3 is 15.4 Å². The highest BCUT2D eigenvalue weighted by Gasteiger charge is 2.19. The fourth-order valence-corrected chi connectivity index (χ4v) is 2.30. The molecule has 0 bridgehead atoms. The predicted octanol–water partition coefficient (Wildman–Crippen LogP) is 2.32. The van der Waals surface area contributed by atoms with Crippen LogP contribution in [0.2, 0.25) is 5.15 Å². The van der Waals surface area contributed by atoms with Crippen LogP contribution in [0.5, 0.6) is 0 Å². The Balaban J connectivity index is 2.10. The summed E-state index contributed by atoms with van der Waals surface area (Å²) in [5.74, 6) is 0.827. The Labute approximate surface area is 107 Å². The highest BCUT2D eigenvalue weighted by Crippen LogP contribution is 2.21. The van der Waals surface area contributed by atoms with E-state index in [1.807, 2.05) is 6.07 Å². The van der Waals surface area contributed by atoms with E-state index in [-0.39, 0.29) is 0 Å². The number of ether oxygens (including phenoxy) is 1. The van der Waals surface area contributed by atoms with E-state index >= 15 is 0 Å². The Morgan fingerprint density at radius 3 is 3.00 bits per heavy atom. The second-order valence-corrected chi connectivity index (χ2v) is 4.64. The number of nitrogen functional groups attached to an aromatic ring is 1. The van der Waals surface area contributed by atoms with Gasteiger partial charge in [0.05, 0.1) is 6.10 Å². The van der Waals surface area contributed by atoms with Gasteiger partial charge in [-0.1, -0.05) is 11.6 Å². The summed E-state index contributed by atoms with van der Waals surface area (Å²) in [5.41, 5.74) is 6.42. The number of nitrogens with zero attached hydrogens (tertiary/aromatic N) is 2.